The van der Waals surface area contributed by atoms with E-state index in [1.54, 1.807) is 14.0 Å². The zero-order chi connectivity index (χ0) is 16.8. The lowest BCUT2D eigenvalue weighted by molar-refractivity contribution is -0.141. The van der Waals surface area contributed by atoms with Crippen LogP contribution in [0.5, 0.6) is 0 Å². The number of amides is 2. The first-order chi connectivity index (χ1) is 11.0. The van der Waals surface area contributed by atoms with Crippen LogP contribution in [0, 0.1) is 5.92 Å². The van der Waals surface area contributed by atoms with E-state index in [0.717, 1.165) is 29.7 Å². The van der Waals surface area contributed by atoms with Gasteiger partial charge in [0.25, 0.3) is 0 Å². The molecule has 124 valence electrons. The van der Waals surface area contributed by atoms with Crippen LogP contribution in [-0.2, 0) is 11.2 Å². The molecule has 0 radical (unpaired) electrons. The largest absolute Gasteiger partial charge is 0.481 e. The number of carboxylic acid groups (broad SMARTS) is 1. The number of carboxylic acids is 1. The topological polar surface area (TPSA) is 98.3 Å². The van der Waals surface area contributed by atoms with Gasteiger partial charge in [-0.3, -0.25) is 4.79 Å². The molecule has 1 aromatic heterocycles. The molecule has 0 aliphatic rings. The Morgan fingerprint density at radius 3 is 2.83 bits per heavy atom. The SMILES string of the molecule is CC(CN(C)C(=O)NCCCc1nc2ccccc2[nH]1)C(=O)O. The van der Waals surface area contributed by atoms with Gasteiger partial charge in [-0.15, -0.1) is 0 Å². The van der Waals surface area contributed by atoms with Crippen molar-refractivity contribution < 1.29 is 14.7 Å². The zero-order valence-corrected chi connectivity index (χ0v) is 13.4. The van der Waals surface area contributed by atoms with Crippen molar-refractivity contribution in [1.82, 2.24) is 20.2 Å². The van der Waals surface area contributed by atoms with Gasteiger partial charge in [0.1, 0.15) is 5.82 Å². The predicted molar refractivity (Wildman–Crippen MR) is 87.2 cm³/mol. The minimum atomic E-state index is -0.908. The molecule has 1 unspecified atom stereocenters. The highest BCUT2D eigenvalue weighted by atomic mass is 16.4. The molecule has 1 aromatic carbocycles. The maximum absolute atomic E-state index is 11.9. The average Bonchev–Trinajstić information content (AvgIpc) is 2.93. The van der Waals surface area contributed by atoms with Crippen molar-refractivity contribution in [2.75, 3.05) is 20.1 Å². The quantitative estimate of drug-likeness (QED) is 0.679. The number of carbonyl (C=O) groups excluding carboxylic acids is 1. The van der Waals surface area contributed by atoms with Gasteiger partial charge in [0.15, 0.2) is 0 Å². The van der Waals surface area contributed by atoms with Crippen LogP contribution in [-0.4, -0.2) is 52.1 Å². The van der Waals surface area contributed by atoms with Gasteiger partial charge >= 0.3 is 12.0 Å². The number of urea groups is 1. The summed E-state index contributed by atoms with van der Waals surface area (Å²) in [5.74, 6) is -0.593. The number of aromatic amines is 1. The van der Waals surface area contributed by atoms with E-state index in [1.807, 2.05) is 24.3 Å². The molecule has 1 atom stereocenters. The fraction of sp³-hybridized carbons (Fsp3) is 0.438. The second-order valence-electron chi connectivity index (χ2n) is 5.66. The summed E-state index contributed by atoms with van der Waals surface area (Å²) in [4.78, 5) is 31.7. The minimum absolute atomic E-state index is 0.185. The first kappa shape index (κ1) is 16.8. The maximum Gasteiger partial charge on any atom is 0.317 e. The molecule has 0 spiro atoms. The van der Waals surface area contributed by atoms with Gasteiger partial charge in [0, 0.05) is 26.6 Å². The molecule has 0 fully saturated rings. The Morgan fingerprint density at radius 2 is 2.13 bits per heavy atom. The van der Waals surface area contributed by atoms with Crippen LogP contribution >= 0.6 is 0 Å². The molecule has 0 aliphatic carbocycles. The van der Waals surface area contributed by atoms with E-state index in [4.69, 9.17) is 5.11 Å². The van der Waals surface area contributed by atoms with Crippen LogP contribution < -0.4 is 5.32 Å². The number of nitrogens with one attached hydrogen (secondary N) is 2. The number of fused-ring (bicyclic) bond motifs is 1. The van der Waals surface area contributed by atoms with E-state index < -0.39 is 11.9 Å². The lowest BCUT2D eigenvalue weighted by atomic mass is 10.2. The first-order valence-electron chi connectivity index (χ1n) is 7.62. The van der Waals surface area contributed by atoms with Gasteiger partial charge in [-0.25, -0.2) is 9.78 Å². The number of aromatic nitrogens is 2. The standard InChI is InChI=1S/C16H22N4O3/c1-11(15(21)22)10-20(2)16(23)17-9-5-8-14-18-12-6-3-4-7-13(12)19-14/h3-4,6-7,11H,5,8-10H2,1-2H3,(H,17,23)(H,18,19)(H,21,22). The highest BCUT2D eigenvalue weighted by Crippen LogP contribution is 2.11. The van der Waals surface area contributed by atoms with Crippen molar-refractivity contribution in [3.8, 4) is 0 Å². The second-order valence-corrected chi connectivity index (χ2v) is 5.66. The maximum atomic E-state index is 11.9. The van der Waals surface area contributed by atoms with Crippen molar-refractivity contribution >= 4 is 23.0 Å². The van der Waals surface area contributed by atoms with Crippen LogP contribution in [0.15, 0.2) is 24.3 Å². The number of hydrogen-bond donors (Lipinski definition) is 3. The smallest absolute Gasteiger partial charge is 0.317 e. The third-order valence-electron chi connectivity index (χ3n) is 3.62. The molecule has 0 bridgehead atoms. The summed E-state index contributed by atoms with van der Waals surface area (Å²) in [7, 11) is 1.59. The Hall–Kier alpha value is -2.57. The summed E-state index contributed by atoms with van der Waals surface area (Å²) in [5, 5.41) is 11.6. The number of carbonyl (C=O) groups is 2. The van der Waals surface area contributed by atoms with E-state index in [9.17, 15) is 9.59 Å². The minimum Gasteiger partial charge on any atom is -0.481 e. The van der Waals surface area contributed by atoms with Gasteiger partial charge < -0.3 is 20.3 Å². The first-order valence-corrected chi connectivity index (χ1v) is 7.62. The Bertz CT molecular complexity index is 650. The molecule has 23 heavy (non-hydrogen) atoms. The average molecular weight is 318 g/mol. The van der Waals surface area contributed by atoms with Gasteiger partial charge in [-0.05, 0) is 18.6 Å². The summed E-state index contributed by atoms with van der Waals surface area (Å²) in [6.07, 6.45) is 1.50. The molecule has 2 amide bonds. The highest BCUT2D eigenvalue weighted by Gasteiger charge is 2.16. The van der Waals surface area contributed by atoms with E-state index in [-0.39, 0.29) is 12.6 Å². The number of hydrogen-bond acceptors (Lipinski definition) is 3. The normalized spacial score (nSPS) is 12.1. The Kier molecular flexibility index (Phi) is 5.56. The Labute approximate surface area is 134 Å². The lowest BCUT2D eigenvalue weighted by Gasteiger charge is -2.19. The monoisotopic (exact) mass is 318 g/mol. The van der Waals surface area contributed by atoms with Gasteiger partial charge in [-0.2, -0.15) is 0 Å². The van der Waals surface area contributed by atoms with Crippen molar-refractivity contribution in [2.24, 2.45) is 5.92 Å². The third-order valence-corrected chi connectivity index (χ3v) is 3.62. The molecule has 3 N–H and O–H groups in total. The molecule has 0 saturated carbocycles. The van der Waals surface area contributed by atoms with Crippen LogP contribution in [0.4, 0.5) is 4.79 Å². The second kappa shape index (κ2) is 7.62. The molecule has 7 nitrogen and oxygen atoms in total. The summed E-state index contributed by atoms with van der Waals surface area (Å²) < 4.78 is 0. The van der Waals surface area contributed by atoms with Crippen LogP contribution in [0.1, 0.15) is 19.2 Å². The summed E-state index contributed by atoms with van der Waals surface area (Å²) in [5.41, 5.74) is 1.95. The lowest BCUT2D eigenvalue weighted by Crippen LogP contribution is -2.41. The van der Waals surface area contributed by atoms with E-state index in [0.29, 0.717) is 6.54 Å². The number of aryl methyl sites for hydroxylation is 1. The molecule has 2 rings (SSSR count). The van der Waals surface area contributed by atoms with Crippen molar-refractivity contribution in [3.05, 3.63) is 30.1 Å². The van der Waals surface area contributed by atoms with E-state index >= 15 is 0 Å². The molecular formula is C16H22N4O3. The molecule has 1 heterocycles. The Morgan fingerprint density at radius 1 is 1.39 bits per heavy atom. The predicted octanol–water partition coefficient (Wildman–Crippen LogP) is 1.86. The number of rotatable bonds is 7. The number of aliphatic carboxylic acids is 1. The van der Waals surface area contributed by atoms with Gasteiger partial charge in [-0.1, -0.05) is 19.1 Å². The molecule has 0 aliphatic heterocycles. The van der Waals surface area contributed by atoms with E-state index in [1.165, 1.54) is 4.90 Å². The third kappa shape index (κ3) is 4.70. The fourth-order valence-corrected chi connectivity index (χ4v) is 2.28. The van der Waals surface area contributed by atoms with Gasteiger partial charge in [0.2, 0.25) is 0 Å². The zero-order valence-electron chi connectivity index (χ0n) is 13.4. The summed E-state index contributed by atoms with van der Waals surface area (Å²) >= 11 is 0. The van der Waals surface area contributed by atoms with Crippen LogP contribution in [0.2, 0.25) is 0 Å². The number of para-hydroxylation sites is 2. The summed E-state index contributed by atoms with van der Waals surface area (Å²) in [6.45, 7) is 2.28. The van der Waals surface area contributed by atoms with Crippen molar-refractivity contribution in [1.29, 1.82) is 0 Å². The van der Waals surface area contributed by atoms with Crippen molar-refractivity contribution in [3.63, 3.8) is 0 Å². The highest BCUT2D eigenvalue weighted by molar-refractivity contribution is 5.76. The molecule has 0 saturated heterocycles. The number of imidazole rings is 1. The number of nitrogens with zero attached hydrogens (tertiary/aromatic N) is 2. The number of benzene rings is 1. The summed E-state index contributed by atoms with van der Waals surface area (Å²) in [6, 6.07) is 7.57. The van der Waals surface area contributed by atoms with E-state index in [2.05, 4.69) is 15.3 Å². The Balaban J connectivity index is 1.72. The molecule has 7 heteroatoms. The van der Waals surface area contributed by atoms with Crippen molar-refractivity contribution in [2.45, 2.75) is 19.8 Å². The van der Waals surface area contributed by atoms with Crippen LogP contribution in [0.3, 0.4) is 0 Å². The van der Waals surface area contributed by atoms with Crippen LogP contribution in [0.25, 0.3) is 11.0 Å². The molecular weight excluding hydrogens is 296 g/mol. The fourth-order valence-electron chi connectivity index (χ4n) is 2.28. The number of H-pyrrole nitrogens is 1. The van der Waals surface area contributed by atoms with Gasteiger partial charge in [0.05, 0.1) is 17.0 Å². The molecule has 2 aromatic rings.